The van der Waals surface area contributed by atoms with Crippen LogP contribution in [0.2, 0.25) is 0 Å². The first-order valence-corrected chi connectivity index (χ1v) is 6.29. The highest BCUT2D eigenvalue weighted by Gasteiger charge is 2.29. The molecule has 1 N–H and O–H groups in total. The lowest BCUT2D eigenvalue weighted by molar-refractivity contribution is -0.134. The van der Waals surface area contributed by atoms with Crippen LogP contribution in [-0.4, -0.2) is 36.5 Å². The Hall–Kier alpha value is -0.570. The summed E-state index contributed by atoms with van der Waals surface area (Å²) in [5.74, 6) is 0.319. The van der Waals surface area contributed by atoms with E-state index in [0.717, 1.165) is 19.4 Å². The van der Waals surface area contributed by atoms with Gasteiger partial charge in [-0.1, -0.05) is 19.3 Å². The van der Waals surface area contributed by atoms with Gasteiger partial charge in [0.05, 0.1) is 6.04 Å². The van der Waals surface area contributed by atoms with E-state index < -0.39 is 0 Å². The Labute approximate surface area is 92.2 Å². The van der Waals surface area contributed by atoms with Crippen LogP contribution >= 0.6 is 0 Å². The molecule has 1 saturated heterocycles. The average molecular weight is 210 g/mol. The Morgan fingerprint density at radius 2 is 1.87 bits per heavy atom. The summed E-state index contributed by atoms with van der Waals surface area (Å²) in [6, 6.07) is 0.616. The molecule has 2 rings (SSSR count). The third-order valence-corrected chi connectivity index (χ3v) is 3.83. The van der Waals surface area contributed by atoms with Crippen molar-refractivity contribution in [2.45, 2.75) is 57.0 Å². The smallest absolute Gasteiger partial charge is 0.239 e. The molecule has 0 radical (unpaired) electrons. The Bertz CT molecular complexity index is 218. The molecule has 2 fully saturated rings. The predicted molar refractivity (Wildman–Crippen MR) is 60.7 cm³/mol. The summed E-state index contributed by atoms with van der Waals surface area (Å²) < 4.78 is 0. The second-order valence-corrected chi connectivity index (χ2v) is 4.89. The van der Waals surface area contributed by atoms with E-state index in [0.29, 0.717) is 11.9 Å². The molecule has 1 heterocycles. The van der Waals surface area contributed by atoms with Crippen LogP contribution in [0.1, 0.15) is 44.9 Å². The van der Waals surface area contributed by atoms with Gasteiger partial charge in [-0.3, -0.25) is 4.79 Å². The van der Waals surface area contributed by atoms with E-state index >= 15 is 0 Å². The van der Waals surface area contributed by atoms with Gasteiger partial charge in [0.15, 0.2) is 0 Å². The first-order chi connectivity index (χ1) is 7.29. The van der Waals surface area contributed by atoms with Gasteiger partial charge in [-0.05, 0) is 32.2 Å². The zero-order valence-corrected chi connectivity index (χ0v) is 9.67. The second kappa shape index (κ2) is 4.97. The summed E-state index contributed by atoms with van der Waals surface area (Å²) in [6.45, 7) is 1.01. The van der Waals surface area contributed by atoms with Crippen LogP contribution in [0, 0.1) is 0 Å². The fourth-order valence-corrected chi connectivity index (χ4v) is 2.79. The number of likely N-dealkylation sites (N-methyl/N-ethyl adjacent to an activating group) is 1. The number of nitrogens with zero attached hydrogens (tertiary/aromatic N) is 1. The normalized spacial score (nSPS) is 27.9. The van der Waals surface area contributed by atoms with Crippen molar-refractivity contribution in [2.24, 2.45) is 0 Å². The van der Waals surface area contributed by atoms with E-state index in [9.17, 15) is 4.79 Å². The molecule has 3 nitrogen and oxygen atoms in total. The van der Waals surface area contributed by atoms with Crippen molar-refractivity contribution < 1.29 is 4.79 Å². The van der Waals surface area contributed by atoms with Crippen LogP contribution < -0.4 is 5.32 Å². The van der Waals surface area contributed by atoms with E-state index in [-0.39, 0.29) is 6.04 Å². The standard InChI is InChI=1S/C12H22N2O/c1-14(10-6-3-2-4-7-10)12(15)11-8-5-9-13-11/h10-11,13H,2-9H2,1H3/t11-/m0/s1. The third kappa shape index (κ3) is 2.51. The van der Waals surface area contributed by atoms with Gasteiger partial charge < -0.3 is 10.2 Å². The minimum absolute atomic E-state index is 0.108. The first-order valence-electron chi connectivity index (χ1n) is 6.29. The minimum atomic E-state index is 0.108. The van der Waals surface area contributed by atoms with E-state index in [4.69, 9.17) is 0 Å². The van der Waals surface area contributed by atoms with Crippen LogP contribution in [0.25, 0.3) is 0 Å². The molecule has 0 aromatic carbocycles. The van der Waals surface area contributed by atoms with Gasteiger partial charge in [0.25, 0.3) is 0 Å². The maximum absolute atomic E-state index is 12.1. The van der Waals surface area contributed by atoms with Gasteiger partial charge in [-0.15, -0.1) is 0 Å². The zero-order valence-electron chi connectivity index (χ0n) is 9.67. The maximum Gasteiger partial charge on any atom is 0.239 e. The van der Waals surface area contributed by atoms with Crippen molar-refractivity contribution in [1.82, 2.24) is 10.2 Å². The molecule has 1 atom stereocenters. The number of nitrogens with one attached hydrogen (secondary N) is 1. The fraction of sp³-hybridized carbons (Fsp3) is 0.917. The number of carbonyl (C=O) groups is 1. The summed E-state index contributed by atoms with van der Waals surface area (Å²) in [4.78, 5) is 14.1. The minimum Gasteiger partial charge on any atom is -0.341 e. The lowest BCUT2D eigenvalue weighted by atomic mass is 9.94. The molecular formula is C12H22N2O. The SMILES string of the molecule is CN(C(=O)[C@@H]1CCCN1)C1CCCCC1. The van der Waals surface area contributed by atoms with Gasteiger partial charge in [-0.25, -0.2) is 0 Å². The molecule has 1 aliphatic carbocycles. The Morgan fingerprint density at radius 1 is 1.13 bits per heavy atom. The highest BCUT2D eigenvalue weighted by Crippen LogP contribution is 2.22. The molecule has 1 saturated carbocycles. The number of hydrogen-bond acceptors (Lipinski definition) is 2. The molecule has 3 heteroatoms. The highest BCUT2D eigenvalue weighted by molar-refractivity contribution is 5.82. The van der Waals surface area contributed by atoms with E-state index in [1.807, 2.05) is 11.9 Å². The van der Waals surface area contributed by atoms with Crippen molar-refractivity contribution in [3.05, 3.63) is 0 Å². The molecular weight excluding hydrogens is 188 g/mol. The molecule has 0 aromatic heterocycles. The first kappa shape index (κ1) is 10.9. The number of amides is 1. The topological polar surface area (TPSA) is 32.3 Å². The molecule has 0 unspecified atom stereocenters. The summed E-state index contributed by atoms with van der Waals surface area (Å²) in [7, 11) is 1.98. The van der Waals surface area contributed by atoms with Crippen molar-refractivity contribution in [2.75, 3.05) is 13.6 Å². The molecule has 0 spiro atoms. The largest absolute Gasteiger partial charge is 0.341 e. The van der Waals surface area contributed by atoms with Gasteiger partial charge in [-0.2, -0.15) is 0 Å². The van der Waals surface area contributed by atoms with Crippen LogP contribution in [0.15, 0.2) is 0 Å². The molecule has 86 valence electrons. The average Bonchev–Trinajstić information content (AvgIpc) is 2.82. The van der Waals surface area contributed by atoms with E-state index in [1.54, 1.807) is 0 Å². The monoisotopic (exact) mass is 210 g/mol. The number of carbonyl (C=O) groups excluding carboxylic acids is 1. The summed E-state index contributed by atoms with van der Waals surface area (Å²) in [6.07, 6.45) is 8.51. The van der Waals surface area contributed by atoms with E-state index in [2.05, 4.69) is 5.32 Å². The third-order valence-electron chi connectivity index (χ3n) is 3.83. The Kier molecular flexibility index (Phi) is 3.62. The number of rotatable bonds is 2. The molecule has 0 bridgehead atoms. The Balaban J connectivity index is 1.87. The van der Waals surface area contributed by atoms with Gasteiger partial charge in [0.2, 0.25) is 5.91 Å². The predicted octanol–water partition coefficient (Wildman–Crippen LogP) is 1.53. The van der Waals surface area contributed by atoms with Gasteiger partial charge >= 0.3 is 0 Å². The highest BCUT2D eigenvalue weighted by atomic mass is 16.2. The van der Waals surface area contributed by atoms with Crippen molar-refractivity contribution in [3.8, 4) is 0 Å². The fourth-order valence-electron chi connectivity index (χ4n) is 2.79. The van der Waals surface area contributed by atoms with E-state index in [1.165, 1.54) is 32.1 Å². The van der Waals surface area contributed by atoms with Crippen LogP contribution in [-0.2, 0) is 4.79 Å². The van der Waals surface area contributed by atoms with Crippen molar-refractivity contribution in [3.63, 3.8) is 0 Å². The molecule has 1 aliphatic heterocycles. The lowest BCUT2D eigenvalue weighted by Gasteiger charge is -2.32. The van der Waals surface area contributed by atoms with Crippen molar-refractivity contribution in [1.29, 1.82) is 0 Å². The summed E-state index contributed by atoms with van der Waals surface area (Å²) in [5.41, 5.74) is 0. The van der Waals surface area contributed by atoms with Crippen molar-refractivity contribution >= 4 is 5.91 Å². The second-order valence-electron chi connectivity index (χ2n) is 4.89. The summed E-state index contributed by atoms with van der Waals surface area (Å²) >= 11 is 0. The maximum atomic E-state index is 12.1. The zero-order chi connectivity index (χ0) is 10.7. The van der Waals surface area contributed by atoms with Crippen LogP contribution in [0.5, 0.6) is 0 Å². The van der Waals surface area contributed by atoms with Gasteiger partial charge in [0, 0.05) is 13.1 Å². The lowest BCUT2D eigenvalue weighted by Crippen LogP contribution is -2.46. The number of hydrogen-bond donors (Lipinski definition) is 1. The van der Waals surface area contributed by atoms with Crippen LogP contribution in [0.4, 0.5) is 0 Å². The Morgan fingerprint density at radius 3 is 2.47 bits per heavy atom. The van der Waals surface area contributed by atoms with Gasteiger partial charge in [0.1, 0.15) is 0 Å². The molecule has 15 heavy (non-hydrogen) atoms. The molecule has 1 amide bonds. The van der Waals surface area contributed by atoms with Crippen LogP contribution in [0.3, 0.4) is 0 Å². The quantitative estimate of drug-likeness (QED) is 0.749. The summed E-state index contributed by atoms with van der Waals surface area (Å²) in [5, 5.41) is 3.29. The molecule has 2 aliphatic rings. The molecule has 0 aromatic rings.